The SMILES string of the molecule is CS(=O)(=O)NCC(=O)N1C[C@@H](O)[C@@]2(C1)[C@H](CO)[C@H]2c1ccccc1.O=CO. The first-order valence-corrected chi connectivity index (χ1v) is 10.2. The van der Waals surface area contributed by atoms with Crippen LogP contribution >= 0.6 is 0 Å². The van der Waals surface area contributed by atoms with Gasteiger partial charge in [0.1, 0.15) is 0 Å². The molecule has 1 aliphatic heterocycles. The number of sulfonamides is 1. The normalized spacial score (nSPS) is 29.1. The lowest BCUT2D eigenvalue weighted by Gasteiger charge is -2.16. The van der Waals surface area contributed by atoms with Gasteiger partial charge in [0, 0.05) is 25.1 Å². The third-order valence-corrected chi connectivity index (χ3v) is 5.90. The summed E-state index contributed by atoms with van der Waals surface area (Å²) in [6, 6.07) is 9.66. The van der Waals surface area contributed by atoms with E-state index in [1.165, 1.54) is 4.90 Å². The van der Waals surface area contributed by atoms with Gasteiger partial charge in [-0.3, -0.25) is 9.59 Å². The second-order valence-electron chi connectivity index (χ2n) is 6.78. The molecule has 150 valence electrons. The zero-order valence-electron chi connectivity index (χ0n) is 14.9. The number of aliphatic hydroxyl groups excluding tert-OH is 2. The molecule has 27 heavy (non-hydrogen) atoms. The summed E-state index contributed by atoms with van der Waals surface area (Å²) in [5.41, 5.74) is 0.496. The maximum Gasteiger partial charge on any atom is 0.290 e. The average Bonchev–Trinajstić information content (AvgIpc) is 3.15. The van der Waals surface area contributed by atoms with E-state index in [0.717, 1.165) is 11.8 Å². The van der Waals surface area contributed by atoms with Crippen LogP contribution in [-0.2, 0) is 19.6 Å². The maximum absolute atomic E-state index is 12.2. The number of carbonyl (C=O) groups is 2. The maximum atomic E-state index is 12.2. The molecule has 10 heteroatoms. The molecule has 1 spiro atoms. The van der Waals surface area contributed by atoms with E-state index in [-0.39, 0.29) is 43.9 Å². The fourth-order valence-electron chi connectivity index (χ4n) is 4.06. The number of amides is 1. The summed E-state index contributed by atoms with van der Waals surface area (Å²) in [6.45, 7) is -0.144. The van der Waals surface area contributed by atoms with E-state index in [1.54, 1.807) is 0 Å². The van der Waals surface area contributed by atoms with E-state index in [0.29, 0.717) is 6.54 Å². The van der Waals surface area contributed by atoms with Crippen molar-refractivity contribution < 1.29 is 33.3 Å². The van der Waals surface area contributed by atoms with Crippen molar-refractivity contribution in [2.24, 2.45) is 11.3 Å². The molecule has 4 atom stereocenters. The molecule has 2 aliphatic rings. The smallest absolute Gasteiger partial charge is 0.290 e. The Bertz CT molecular complexity index is 771. The van der Waals surface area contributed by atoms with Gasteiger partial charge in [-0.05, 0) is 17.4 Å². The molecule has 1 heterocycles. The Labute approximate surface area is 157 Å². The number of nitrogens with one attached hydrogen (secondary N) is 1. The van der Waals surface area contributed by atoms with Gasteiger partial charge in [0.2, 0.25) is 15.9 Å². The van der Waals surface area contributed by atoms with Gasteiger partial charge in [0.05, 0.1) is 18.9 Å². The molecule has 1 aromatic rings. The second-order valence-corrected chi connectivity index (χ2v) is 8.61. The van der Waals surface area contributed by atoms with Crippen molar-refractivity contribution in [2.45, 2.75) is 12.0 Å². The highest BCUT2D eigenvalue weighted by molar-refractivity contribution is 7.88. The van der Waals surface area contributed by atoms with Crippen LogP contribution in [0.25, 0.3) is 0 Å². The van der Waals surface area contributed by atoms with Gasteiger partial charge >= 0.3 is 0 Å². The lowest BCUT2D eigenvalue weighted by atomic mass is 9.95. The number of carbonyl (C=O) groups excluding carboxylic acids is 1. The molecule has 4 N–H and O–H groups in total. The van der Waals surface area contributed by atoms with E-state index in [2.05, 4.69) is 4.72 Å². The van der Waals surface area contributed by atoms with Gasteiger partial charge < -0.3 is 20.2 Å². The number of likely N-dealkylation sites (tertiary alicyclic amines) is 1. The number of nitrogens with zero attached hydrogens (tertiary/aromatic N) is 1. The van der Waals surface area contributed by atoms with Crippen LogP contribution in [0, 0.1) is 11.3 Å². The summed E-state index contributed by atoms with van der Waals surface area (Å²) >= 11 is 0. The largest absolute Gasteiger partial charge is 0.483 e. The lowest BCUT2D eigenvalue weighted by Crippen LogP contribution is -2.39. The Balaban J connectivity index is 0.000000817. The molecule has 1 aliphatic carbocycles. The van der Waals surface area contributed by atoms with Crippen molar-refractivity contribution in [3.05, 3.63) is 35.9 Å². The predicted octanol–water partition coefficient (Wildman–Crippen LogP) is -1.17. The minimum Gasteiger partial charge on any atom is -0.483 e. The van der Waals surface area contributed by atoms with Crippen molar-refractivity contribution >= 4 is 22.4 Å². The minimum absolute atomic E-state index is 0.000586. The van der Waals surface area contributed by atoms with Crippen molar-refractivity contribution in [3.8, 4) is 0 Å². The fourth-order valence-corrected chi connectivity index (χ4v) is 4.45. The van der Waals surface area contributed by atoms with Crippen LogP contribution in [0.15, 0.2) is 30.3 Å². The number of carboxylic acid groups (broad SMARTS) is 1. The van der Waals surface area contributed by atoms with Crippen molar-refractivity contribution in [3.63, 3.8) is 0 Å². The Morgan fingerprint density at radius 2 is 1.96 bits per heavy atom. The summed E-state index contributed by atoms with van der Waals surface area (Å²) in [5, 5.41) is 27.2. The first kappa shape index (κ1) is 21.3. The average molecular weight is 400 g/mol. The van der Waals surface area contributed by atoms with E-state index in [1.807, 2.05) is 30.3 Å². The molecule has 0 bridgehead atoms. The van der Waals surface area contributed by atoms with E-state index >= 15 is 0 Å². The van der Waals surface area contributed by atoms with Crippen LogP contribution in [0.5, 0.6) is 0 Å². The second kappa shape index (κ2) is 8.34. The number of hydrogen-bond donors (Lipinski definition) is 4. The topological polar surface area (TPSA) is 144 Å². The monoisotopic (exact) mass is 400 g/mol. The predicted molar refractivity (Wildman–Crippen MR) is 96.3 cm³/mol. The molecule has 2 fully saturated rings. The van der Waals surface area contributed by atoms with Gasteiger partial charge in [0.15, 0.2) is 0 Å². The molecule has 1 amide bonds. The van der Waals surface area contributed by atoms with Crippen LogP contribution in [0.4, 0.5) is 0 Å². The van der Waals surface area contributed by atoms with E-state index < -0.39 is 21.5 Å². The van der Waals surface area contributed by atoms with Crippen molar-refractivity contribution in [1.29, 1.82) is 0 Å². The van der Waals surface area contributed by atoms with Gasteiger partial charge in [0.25, 0.3) is 6.47 Å². The third kappa shape index (κ3) is 4.46. The van der Waals surface area contributed by atoms with Gasteiger partial charge in [-0.1, -0.05) is 30.3 Å². The molecule has 0 aromatic heterocycles. The zero-order chi connectivity index (χ0) is 20.2. The molecule has 1 saturated carbocycles. The van der Waals surface area contributed by atoms with Crippen LogP contribution in [0.3, 0.4) is 0 Å². The van der Waals surface area contributed by atoms with Gasteiger partial charge in [-0.25, -0.2) is 13.1 Å². The minimum atomic E-state index is -3.44. The number of aliphatic hydroxyl groups is 2. The number of hydrogen-bond acceptors (Lipinski definition) is 6. The van der Waals surface area contributed by atoms with Crippen LogP contribution < -0.4 is 4.72 Å². The summed E-state index contributed by atoms with van der Waals surface area (Å²) in [4.78, 5) is 22.1. The molecule has 1 saturated heterocycles. The van der Waals surface area contributed by atoms with Gasteiger partial charge in [-0.2, -0.15) is 0 Å². The molecular formula is C17H24N2O7S. The summed E-state index contributed by atoms with van der Waals surface area (Å²) < 4.78 is 24.4. The molecule has 1 aromatic carbocycles. The zero-order valence-corrected chi connectivity index (χ0v) is 15.7. The highest BCUT2D eigenvalue weighted by Gasteiger charge is 2.71. The number of rotatable bonds is 5. The quantitative estimate of drug-likeness (QED) is 0.456. The number of β-amino-alcohol motifs (C(OH)–C–C–N with tert-alkyl or cyclic N) is 1. The first-order valence-electron chi connectivity index (χ1n) is 8.35. The highest BCUT2D eigenvalue weighted by atomic mass is 32.2. The van der Waals surface area contributed by atoms with Gasteiger partial charge in [-0.15, -0.1) is 0 Å². The van der Waals surface area contributed by atoms with Crippen molar-refractivity contribution in [1.82, 2.24) is 9.62 Å². The molecule has 3 rings (SSSR count). The lowest BCUT2D eigenvalue weighted by molar-refractivity contribution is -0.129. The molecular weight excluding hydrogens is 376 g/mol. The number of benzene rings is 1. The Morgan fingerprint density at radius 1 is 1.37 bits per heavy atom. The highest BCUT2D eigenvalue weighted by Crippen LogP contribution is 2.68. The summed E-state index contributed by atoms with van der Waals surface area (Å²) in [5.74, 6) is -0.471. The molecule has 0 radical (unpaired) electrons. The first-order chi connectivity index (χ1) is 12.7. The van der Waals surface area contributed by atoms with Crippen molar-refractivity contribution in [2.75, 3.05) is 32.5 Å². The standard InChI is InChI=1S/C16H22N2O5S.CH2O2/c1-24(22,23)17-7-14(21)18-8-13(20)16(10-18)12(9-19)15(16)11-5-3-2-4-6-11;2-1-3/h2-6,12-13,15,17,19-20H,7-10H2,1H3;1H,(H,2,3)/t12-,13-,15-,16-;/m1./s1. The van der Waals surface area contributed by atoms with E-state index in [9.17, 15) is 23.4 Å². The fraction of sp³-hybridized carbons (Fsp3) is 0.529. The van der Waals surface area contributed by atoms with Crippen LogP contribution in [0.1, 0.15) is 11.5 Å². The summed E-state index contributed by atoms with van der Waals surface area (Å²) in [7, 11) is -3.44. The Kier molecular flexibility index (Phi) is 6.58. The molecule has 0 unspecified atom stereocenters. The van der Waals surface area contributed by atoms with Crippen LogP contribution in [0.2, 0.25) is 0 Å². The molecule has 9 nitrogen and oxygen atoms in total. The summed E-state index contributed by atoms with van der Waals surface area (Å²) in [6.07, 6.45) is 0.261. The Hall–Kier alpha value is -2.01. The Morgan fingerprint density at radius 3 is 2.48 bits per heavy atom. The third-order valence-electron chi connectivity index (χ3n) is 5.23. The van der Waals surface area contributed by atoms with Crippen LogP contribution in [-0.4, -0.2) is 79.6 Å². The van der Waals surface area contributed by atoms with E-state index in [4.69, 9.17) is 9.90 Å².